The molecule has 0 atom stereocenters. The molecule has 1 amide bonds. The first-order chi connectivity index (χ1) is 25.7. The van der Waals surface area contributed by atoms with Crippen molar-refractivity contribution in [2.24, 2.45) is 12.0 Å². The lowest BCUT2D eigenvalue weighted by atomic mass is 10.1. The first-order valence-electron chi connectivity index (χ1n) is 16.1. The number of amides is 1. The average molecular weight is 745 g/mol. The number of non-ortho nitro benzene ring substituents is 1. The third-order valence-corrected chi connectivity index (χ3v) is 7.88. The summed E-state index contributed by atoms with van der Waals surface area (Å²) < 4.78 is 38.7. The molecule has 0 spiro atoms. The third kappa shape index (κ3) is 11.3. The second kappa shape index (κ2) is 19.6. The normalized spacial score (nSPS) is 10.1. The van der Waals surface area contributed by atoms with Gasteiger partial charge in [-0.15, -0.1) is 0 Å². The number of halogens is 2. The summed E-state index contributed by atoms with van der Waals surface area (Å²) in [4.78, 5) is 52.5. The molecule has 54 heavy (non-hydrogen) atoms. The molecule has 0 unspecified atom stereocenters. The van der Waals surface area contributed by atoms with Crippen LogP contribution in [0.25, 0.3) is 10.9 Å². The van der Waals surface area contributed by atoms with Crippen LogP contribution in [0, 0.1) is 21.7 Å². The highest BCUT2D eigenvalue weighted by atomic mass is 19.1. The predicted molar refractivity (Wildman–Crippen MR) is 200 cm³/mol. The van der Waals surface area contributed by atoms with E-state index in [0.717, 1.165) is 0 Å². The zero-order valence-corrected chi connectivity index (χ0v) is 29.9. The number of nitro groups is 1. The number of aromatic carboxylic acids is 1. The number of aryl methyl sites for hydroxylation is 3. The van der Waals surface area contributed by atoms with E-state index in [4.69, 9.17) is 20.3 Å². The topological polar surface area (TPSA) is 201 Å². The van der Waals surface area contributed by atoms with E-state index in [0.29, 0.717) is 65.2 Å². The lowest BCUT2D eigenvalue weighted by Gasteiger charge is -2.10. The Balaban J connectivity index is 0.000000238. The van der Waals surface area contributed by atoms with Gasteiger partial charge in [0.15, 0.2) is 0 Å². The Morgan fingerprint density at radius 1 is 0.981 bits per heavy atom. The van der Waals surface area contributed by atoms with Crippen LogP contribution in [-0.4, -0.2) is 58.6 Å². The number of nitrogens with zero attached hydrogens (tertiary/aromatic N) is 4. The van der Waals surface area contributed by atoms with Gasteiger partial charge in [0.1, 0.15) is 29.0 Å². The number of carbonyl (C=O) groups is 2. The van der Waals surface area contributed by atoms with E-state index in [1.807, 2.05) is 0 Å². The van der Waals surface area contributed by atoms with Crippen LogP contribution in [0.2, 0.25) is 0 Å². The summed E-state index contributed by atoms with van der Waals surface area (Å²) in [6.07, 6.45) is 1.33. The van der Waals surface area contributed by atoms with Gasteiger partial charge in [-0.25, -0.2) is 23.6 Å². The Morgan fingerprint density at radius 3 is 2.09 bits per heavy atom. The van der Waals surface area contributed by atoms with Crippen molar-refractivity contribution in [3.63, 3.8) is 0 Å². The Morgan fingerprint density at radius 2 is 1.59 bits per heavy atom. The van der Waals surface area contributed by atoms with Crippen molar-refractivity contribution >= 4 is 45.7 Å². The van der Waals surface area contributed by atoms with Crippen LogP contribution in [-0.2, 0) is 31.1 Å². The second-order valence-electron chi connectivity index (χ2n) is 11.3. The van der Waals surface area contributed by atoms with Gasteiger partial charge in [0, 0.05) is 56.9 Å². The zero-order valence-electron chi connectivity index (χ0n) is 29.9. The molecular formula is C38H38F2N6O8. The van der Waals surface area contributed by atoms with E-state index in [1.54, 1.807) is 38.4 Å². The van der Waals surface area contributed by atoms with E-state index < -0.39 is 16.7 Å². The number of hydrogen-bond acceptors (Lipinski definition) is 10. The summed E-state index contributed by atoms with van der Waals surface area (Å²) in [5.41, 5.74) is 7.08. The first kappa shape index (κ1) is 41.5. The quantitative estimate of drug-likeness (QED) is 0.0648. The minimum Gasteiger partial charge on any atom is -0.497 e. The van der Waals surface area contributed by atoms with Gasteiger partial charge in [0.05, 0.1) is 41.3 Å². The first-order valence-corrected chi connectivity index (χ1v) is 16.1. The molecule has 0 aliphatic heterocycles. The van der Waals surface area contributed by atoms with Crippen molar-refractivity contribution in [1.29, 1.82) is 0 Å². The van der Waals surface area contributed by atoms with Crippen LogP contribution in [0.5, 0.6) is 11.5 Å². The van der Waals surface area contributed by atoms with Crippen molar-refractivity contribution in [3.8, 4) is 11.5 Å². The maximum absolute atomic E-state index is 14.1. The number of anilines is 1. The molecule has 0 saturated carbocycles. The fourth-order valence-corrected chi connectivity index (χ4v) is 4.88. The summed E-state index contributed by atoms with van der Waals surface area (Å²) >= 11 is 0. The van der Waals surface area contributed by atoms with Gasteiger partial charge in [0.25, 0.3) is 11.2 Å². The van der Waals surface area contributed by atoms with E-state index in [2.05, 4.69) is 27.7 Å². The molecule has 0 fully saturated rings. The number of methoxy groups -OCH3 is 2. The molecule has 0 aliphatic rings. The van der Waals surface area contributed by atoms with Gasteiger partial charge in [-0.1, -0.05) is 12.1 Å². The predicted octanol–water partition coefficient (Wildman–Crippen LogP) is 5.74. The molecule has 0 aliphatic carbocycles. The van der Waals surface area contributed by atoms with Gasteiger partial charge in [-0.05, 0) is 72.8 Å². The lowest BCUT2D eigenvalue weighted by molar-refractivity contribution is -0.384. The van der Waals surface area contributed by atoms with Crippen LogP contribution in [0.3, 0.4) is 0 Å². The smallest absolute Gasteiger partial charge is 0.337 e. The van der Waals surface area contributed by atoms with Gasteiger partial charge in [-0.3, -0.25) is 24.3 Å². The number of carbonyl (C=O) groups excluding carboxylic acids is 1. The number of nitrogens with two attached hydrogens (primary N) is 1. The SMILES string of the molecule is C=C=Nc1ccc(C(=O)O)c(N)c1.CNC(=O)CCc1ccc(OC)cc1F.COc1ccc(CCc2nc3cc([N+](=O)[O-])ccc3c(=O)n2C)c(F)c1. The number of nitrogens with one attached hydrogen (secondary N) is 1. The number of ether oxygens (including phenoxy) is 2. The standard InChI is InChI=1S/C18H16FN3O4.C11H14FNO2.C9H8N2O2/c1-21-17(8-4-11-3-6-13(26-2)10-15(11)19)20-16-9-12(22(24)25)5-7-14(16)18(21)23;1-13-11(14)6-4-8-3-5-9(15-2)7-10(8)12;1-2-11-6-3-4-7(9(12)13)8(10)5-6/h3,5-7,9-10H,4,8H2,1-2H3;3,5,7H,4,6H2,1-2H3,(H,13,14);3-5H,1,10H2,(H,12,13). The van der Waals surface area contributed by atoms with Crippen molar-refractivity contribution in [2.45, 2.75) is 25.7 Å². The van der Waals surface area contributed by atoms with Crippen LogP contribution in [0.15, 0.2) is 89.2 Å². The van der Waals surface area contributed by atoms with E-state index in [-0.39, 0.29) is 39.7 Å². The Bertz CT molecular complexity index is 2270. The second-order valence-corrected chi connectivity index (χ2v) is 11.3. The third-order valence-electron chi connectivity index (χ3n) is 7.88. The van der Waals surface area contributed by atoms with E-state index in [1.165, 1.54) is 67.3 Å². The monoisotopic (exact) mass is 744 g/mol. The number of benzene rings is 4. The van der Waals surface area contributed by atoms with Crippen molar-refractivity contribution in [3.05, 3.63) is 134 Å². The average Bonchev–Trinajstić information content (AvgIpc) is 3.15. The van der Waals surface area contributed by atoms with Crippen molar-refractivity contribution < 1.29 is 37.9 Å². The molecule has 0 saturated heterocycles. The lowest BCUT2D eigenvalue weighted by Crippen LogP contribution is -2.23. The number of carboxylic acids is 1. The minimum atomic E-state index is -1.05. The zero-order chi connectivity index (χ0) is 39.9. The summed E-state index contributed by atoms with van der Waals surface area (Å²) in [5.74, 6) is 1.79. The maximum atomic E-state index is 14.1. The number of carboxylic acid groups (broad SMARTS) is 1. The highest BCUT2D eigenvalue weighted by molar-refractivity contribution is 5.94. The summed E-state index contributed by atoms with van der Waals surface area (Å²) in [6, 6.07) is 17.6. The summed E-state index contributed by atoms with van der Waals surface area (Å²) in [6.45, 7) is 3.29. The molecule has 14 nitrogen and oxygen atoms in total. The molecule has 5 rings (SSSR count). The number of nitrogen functional groups attached to an aromatic ring is 1. The molecule has 282 valence electrons. The van der Waals surface area contributed by atoms with E-state index >= 15 is 0 Å². The molecule has 16 heteroatoms. The number of hydrogen-bond donors (Lipinski definition) is 3. The fourth-order valence-electron chi connectivity index (χ4n) is 4.88. The molecular weight excluding hydrogens is 706 g/mol. The molecule has 4 N–H and O–H groups in total. The van der Waals surface area contributed by atoms with Gasteiger partial charge in [0.2, 0.25) is 5.91 Å². The molecule has 5 aromatic rings. The Hall–Kier alpha value is -6.93. The largest absolute Gasteiger partial charge is 0.497 e. The maximum Gasteiger partial charge on any atom is 0.337 e. The van der Waals surface area contributed by atoms with Crippen molar-refractivity contribution in [1.82, 2.24) is 14.9 Å². The highest BCUT2D eigenvalue weighted by Crippen LogP contribution is 2.21. The van der Waals surface area contributed by atoms with Crippen LogP contribution < -0.4 is 26.1 Å². The number of nitro benzene ring substituents is 1. The van der Waals surface area contributed by atoms with Crippen LogP contribution in [0.4, 0.5) is 25.8 Å². The number of aliphatic imine (C=N–C) groups is 1. The van der Waals surface area contributed by atoms with Crippen LogP contribution in [0.1, 0.15) is 33.7 Å². The highest BCUT2D eigenvalue weighted by Gasteiger charge is 2.14. The fraction of sp³-hybridized carbons (Fsp3) is 0.211. The molecule has 1 heterocycles. The number of fused-ring (bicyclic) bond motifs is 1. The molecule has 0 bridgehead atoms. The summed E-state index contributed by atoms with van der Waals surface area (Å²) in [7, 11) is 6.09. The van der Waals surface area contributed by atoms with Gasteiger partial charge < -0.3 is 25.6 Å². The number of rotatable bonds is 11. The van der Waals surface area contributed by atoms with Gasteiger partial charge >= 0.3 is 5.97 Å². The van der Waals surface area contributed by atoms with Gasteiger partial charge in [-0.2, -0.15) is 0 Å². The molecule has 4 aromatic carbocycles. The summed E-state index contributed by atoms with van der Waals surface area (Å²) in [5, 5.41) is 22.4. The van der Waals surface area contributed by atoms with Crippen LogP contribution >= 0.6 is 0 Å². The molecule has 1 aromatic heterocycles. The molecule has 0 radical (unpaired) electrons. The Labute approximate surface area is 308 Å². The number of aromatic nitrogens is 2. The van der Waals surface area contributed by atoms with E-state index in [9.17, 15) is 33.3 Å². The Kier molecular flexibility index (Phi) is 15.1. The van der Waals surface area contributed by atoms with Crippen molar-refractivity contribution in [2.75, 3.05) is 27.0 Å². The minimum absolute atomic E-state index is 0.0722.